The molecule has 0 aliphatic carbocycles. The first-order valence-corrected chi connectivity index (χ1v) is 7.10. The first kappa shape index (κ1) is 13.6. The fourth-order valence-corrected chi connectivity index (χ4v) is 2.75. The highest BCUT2D eigenvalue weighted by molar-refractivity contribution is 5.27. The summed E-state index contributed by atoms with van der Waals surface area (Å²) in [7, 11) is 0. The Morgan fingerprint density at radius 2 is 1.89 bits per heavy atom. The summed E-state index contributed by atoms with van der Waals surface area (Å²) in [5.41, 5.74) is 9.02. The van der Waals surface area contributed by atoms with E-state index >= 15 is 0 Å². The maximum atomic E-state index is 6.37. The number of rotatable bonds is 4. The number of hydrogen-bond acceptors (Lipinski definition) is 2. The van der Waals surface area contributed by atoms with E-state index in [0.717, 1.165) is 13.0 Å². The average Bonchev–Trinajstić information content (AvgIpc) is 2.83. The van der Waals surface area contributed by atoms with Crippen molar-refractivity contribution in [3.05, 3.63) is 35.4 Å². The van der Waals surface area contributed by atoms with Crippen molar-refractivity contribution in [2.75, 3.05) is 6.61 Å². The van der Waals surface area contributed by atoms with Crippen LogP contribution in [0.5, 0.6) is 0 Å². The molecule has 4 atom stereocenters. The molecule has 0 aromatic heterocycles. The van der Waals surface area contributed by atoms with Gasteiger partial charge in [-0.15, -0.1) is 0 Å². The van der Waals surface area contributed by atoms with Gasteiger partial charge in [0, 0.05) is 18.6 Å². The van der Waals surface area contributed by atoms with Gasteiger partial charge in [0.05, 0.1) is 6.10 Å². The van der Waals surface area contributed by atoms with E-state index in [1.807, 2.05) is 0 Å². The Balaban J connectivity index is 2.09. The summed E-state index contributed by atoms with van der Waals surface area (Å²) in [5, 5.41) is 0. The molecule has 0 radical (unpaired) electrons. The van der Waals surface area contributed by atoms with Crippen LogP contribution in [0.2, 0.25) is 0 Å². The van der Waals surface area contributed by atoms with E-state index in [-0.39, 0.29) is 12.1 Å². The molecule has 1 aromatic carbocycles. The second-order valence-electron chi connectivity index (χ2n) is 5.53. The minimum absolute atomic E-state index is 0.105. The smallest absolute Gasteiger partial charge is 0.0594 e. The molecule has 1 aliphatic heterocycles. The van der Waals surface area contributed by atoms with Crippen molar-refractivity contribution >= 4 is 0 Å². The zero-order valence-electron chi connectivity index (χ0n) is 11.7. The third kappa shape index (κ3) is 2.76. The van der Waals surface area contributed by atoms with Crippen LogP contribution in [0, 0.1) is 5.92 Å². The lowest BCUT2D eigenvalue weighted by Gasteiger charge is -2.22. The predicted molar refractivity (Wildman–Crippen MR) is 75.6 cm³/mol. The molecular formula is C16H25NO. The molecule has 2 rings (SSSR count). The van der Waals surface area contributed by atoms with Crippen LogP contribution in [0.25, 0.3) is 0 Å². The van der Waals surface area contributed by atoms with Crippen LogP contribution in [0.1, 0.15) is 56.7 Å². The van der Waals surface area contributed by atoms with Gasteiger partial charge in [-0.1, -0.05) is 38.1 Å². The van der Waals surface area contributed by atoms with E-state index in [1.165, 1.54) is 17.5 Å². The fourth-order valence-electron chi connectivity index (χ4n) is 2.75. The Hall–Kier alpha value is -0.860. The second-order valence-corrected chi connectivity index (χ2v) is 5.53. The van der Waals surface area contributed by atoms with Gasteiger partial charge in [-0.3, -0.25) is 0 Å². The summed E-state index contributed by atoms with van der Waals surface area (Å²) in [6, 6.07) is 8.94. The Bertz CT molecular complexity index is 373. The van der Waals surface area contributed by atoms with Gasteiger partial charge in [0.1, 0.15) is 0 Å². The van der Waals surface area contributed by atoms with Gasteiger partial charge in [-0.25, -0.2) is 0 Å². The van der Waals surface area contributed by atoms with Gasteiger partial charge in [0.25, 0.3) is 0 Å². The summed E-state index contributed by atoms with van der Waals surface area (Å²) in [5.74, 6) is 1.09. The summed E-state index contributed by atoms with van der Waals surface area (Å²) >= 11 is 0. The molecular weight excluding hydrogens is 222 g/mol. The molecule has 4 unspecified atom stereocenters. The molecule has 18 heavy (non-hydrogen) atoms. The number of ether oxygens (including phenoxy) is 1. The molecule has 2 heteroatoms. The van der Waals surface area contributed by atoms with Crippen LogP contribution in [0.3, 0.4) is 0 Å². The van der Waals surface area contributed by atoms with Gasteiger partial charge in [0.2, 0.25) is 0 Å². The molecule has 0 spiro atoms. The molecule has 1 saturated heterocycles. The Morgan fingerprint density at radius 1 is 1.28 bits per heavy atom. The first-order valence-electron chi connectivity index (χ1n) is 7.10. The lowest BCUT2D eigenvalue weighted by Crippen LogP contribution is -2.26. The van der Waals surface area contributed by atoms with E-state index in [2.05, 4.69) is 45.0 Å². The Kier molecular flexibility index (Phi) is 4.41. The normalized spacial score (nSPS) is 27.1. The molecule has 1 fully saturated rings. The van der Waals surface area contributed by atoms with E-state index in [4.69, 9.17) is 10.5 Å². The fraction of sp³-hybridized carbons (Fsp3) is 0.625. The standard InChI is InChI=1S/C16H25NO/c1-4-11(2)13-5-7-14(8-6-13)16(17)15-9-10-18-12(15)3/h5-8,11-12,15-16H,4,9-10,17H2,1-3H3. The molecule has 100 valence electrons. The quantitative estimate of drug-likeness (QED) is 0.882. The van der Waals surface area contributed by atoms with Crippen LogP contribution in [-0.2, 0) is 4.74 Å². The summed E-state index contributed by atoms with van der Waals surface area (Å²) in [6.45, 7) is 7.47. The van der Waals surface area contributed by atoms with E-state index in [0.29, 0.717) is 11.8 Å². The highest BCUT2D eigenvalue weighted by atomic mass is 16.5. The SMILES string of the molecule is CCC(C)c1ccc(C(N)C2CCOC2C)cc1. The molecule has 1 heterocycles. The minimum atomic E-state index is 0.105. The van der Waals surface area contributed by atoms with Crippen LogP contribution >= 0.6 is 0 Å². The van der Waals surface area contributed by atoms with Crippen molar-refractivity contribution in [2.24, 2.45) is 11.7 Å². The van der Waals surface area contributed by atoms with Crippen molar-refractivity contribution in [2.45, 2.75) is 51.7 Å². The van der Waals surface area contributed by atoms with E-state index in [1.54, 1.807) is 0 Å². The monoisotopic (exact) mass is 247 g/mol. The molecule has 1 aromatic rings. The van der Waals surface area contributed by atoms with Gasteiger partial charge in [-0.2, -0.15) is 0 Å². The summed E-state index contributed by atoms with van der Waals surface area (Å²) in [6.07, 6.45) is 2.54. The van der Waals surface area contributed by atoms with Gasteiger partial charge in [-0.05, 0) is 36.8 Å². The van der Waals surface area contributed by atoms with E-state index in [9.17, 15) is 0 Å². The third-order valence-corrected chi connectivity index (χ3v) is 4.40. The number of nitrogens with two attached hydrogens (primary N) is 1. The van der Waals surface area contributed by atoms with Crippen LogP contribution < -0.4 is 5.73 Å². The maximum absolute atomic E-state index is 6.37. The second kappa shape index (κ2) is 5.85. The lowest BCUT2D eigenvalue weighted by atomic mass is 9.88. The number of benzene rings is 1. The highest BCUT2D eigenvalue weighted by Crippen LogP contribution is 2.32. The van der Waals surface area contributed by atoms with Crippen molar-refractivity contribution in [1.82, 2.24) is 0 Å². The van der Waals surface area contributed by atoms with Crippen molar-refractivity contribution < 1.29 is 4.74 Å². The van der Waals surface area contributed by atoms with Crippen molar-refractivity contribution in [3.63, 3.8) is 0 Å². The number of hydrogen-bond donors (Lipinski definition) is 1. The zero-order valence-corrected chi connectivity index (χ0v) is 11.7. The first-order chi connectivity index (χ1) is 8.63. The average molecular weight is 247 g/mol. The summed E-state index contributed by atoms with van der Waals surface area (Å²) in [4.78, 5) is 0. The minimum Gasteiger partial charge on any atom is -0.378 e. The topological polar surface area (TPSA) is 35.2 Å². The molecule has 0 saturated carbocycles. The van der Waals surface area contributed by atoms with Gasteiger partial charge < -0.3 is 10.5 Å². The zero-order chi connectivity index (χ0) is 13.1. The molecule has 2 N–H and O–H groups in total. The highest BCUT2D eigenvalue weighted by Gasteiger charge is 2.30. The van der Waals surface area contributed by atoms with Crippen LogP contribution in [0.4, 0.5) is 0 Å². The van der Waals surface area contributed by atoms with Crippen LogP contribution in [-0.4, -0.2) is 12.7 Å². The lowest BCUT2D eigenvalue weighted by molar-refractivity contribution is 0.0995. The molecule has 0 bridgehead atoms. The van der Waals surface area contributed by atoms with Gasteiger partial charge >= 0.3 is 0 Å². The van der Waals surface area contributed by atoms with Crippen molar-refractivity contribution in [3.8, 4) is 0 Å². The molecule has 1 aliphatic rings. The van der Waals surface area contributed by atoms with Crippen molar-refractivity contribution in [1.29, 1.82) is 0 Å². The van der Waals surface area contributed by atoms with Crippen LogP contribution in [0.15, 0.2) is 24.3 Å². The summed E-state index contributed by atoms with van der Waals surface area (Å²) < 4.78 is 5.61. The largest absolute Gasteiger partial charge is 0.378 e. The van der Waals surface area contributed by atoms with E-state index < -0.39 is 0 Å². The molecule has 2 nitrogen and oxygen atoms in total. The molecule has 0 amide bonds. The third-order valence-electron chi connectivity index (χ3n) is 4.40. The Morgan fingerprint density at radius 3 is 2.39 bits per heavy atom. The van der Waals surface area contributed by atoms with Gasteiger partial charge in [0.15, 0.2) is 0 Å². The Labute approximate surface area is 111 Å². The maximum Gasteiger partial charge on any atom is 0.0594 e. The predicted octanol–water partition coefficient (Wildman–Crippen LogP) is 3.62.